The molecule has 0 N–H and O–H groups in total. The Labute approximate surface area is 544 Å². The molecule has 2 nitrogen and oxygen atoms in total. The summed E-state index contributed by atoms with van der Waals surface area (Å²) in [6.45, 7) is 24.1. The zero-order valence-electron chi connectivity index (χ0n) is 54.8. The quantitative estimate of drug-likeness (QED) is 0.125. The van der Waals surface area contributed by atoms with Crippen LogP contribution in [0.1, 0.15) is 121 Å². The van der Waals surface area contributed by atoms with E-state index in [-0.39, 0.29) is 16.2 Å². The van der Waals surface area contributed by atoms with Gasteiger partial charge < -0.3 is 9.47 Å². The van der Waals surface area contributed by atoms with Crippen LogP contribution in [-0.2, 0) is 10.8 Å². The maximum absolute atomic E-state index is 2.54. The molecule has 16 rings (SSSR count). The summed E-state index contributed by atoms with van der Waals surface area (Å²) in [6, 6.07) is 104. The summed E-state index contributed by atoms with van der Waals surface area (Å²) in [6.07, 6.45) is 1.17. The minimum Gasteiger partial charge on any atom is -0.310 e. The van der Waals surface area contributed by atoms with Crippen LogP contribution in [0, 0.1) is 22.7 Å². The Bertz CT molecular complexity index is 5010. The van der Waals surface area contributed by atoms with E-state index in [2.05, 4.69) is 352 Å². The third-order valence-electron chi connectivity index (χ3n) is 22.2. The first kappa shape index (κ1) is 57.4. The molecule has 450 valence electrons. The van der Waals surface area contributed by atoms with Crippen molar-refractivity contribution in [3.63, 3.8) is 0 Å². The Morgan fingerprint density at radius 1 is 0.348 bits per heavy atom. The molecule has 4 atom stereocenters. The number of benzene rings is 12. The van der Waals surface area contributed by atoms with E-state index in [0.717, 1.165) is 22.7 Å². The van der Waals surface area contributed by atoms with Crippen molar-refractivity contribution in [1.82, 2.24) is 4.57 Å². The first-order valence-electron chi connectivity index (χ1n) is 33.4. The number of fused-ring (bicyclic) bond motifs is 16. The summed E-state index contributed by atoms with van der Waals surface area (Å²) in [5.41, 5.74) is 31.4. The van der Waals surface area contributed by atoms with Crippen molar-refractivity contribution in [2.45, 2.75) is 92.4 Å². The van der Waals surface area contributed by atoms with Crippen molar-refractivity contribution in [1.29, 1.82) is 0 Å². The second-order valence-corrected chi connectivity index (χ2v) is 29.5. The number of para-hydroxylation sites is 1. The van der Waals surface area contributed by atoms with Gasteiger partial charge in [0.1, 0.15) is 0 Å². The number of aromatic nitrogens is 1. The largest absolute Gasteiger partial charge is 0.310 e. The van der Waals surface area contributed by atoms with E-state index in [9.17, 15) is 0 Å². The molecule has 1 heterocycles. The van der Waals surface area contributed by atoms with Crippen molar-refractivity contribution in [3.8, 4) is 72.4 Å². The average Bonchev–Trinajstić information content (AvgIpc) is 1.51. The lowest BCUT2D eigenvalue weighted by Gasteiger charge is -2.39. The number of nitrogens with zero attached hydrogens (tertiary/aromatic N) is 2. The van der Waals surface area contributed by atoms with Crippen LogP contribution < -0.4 is 4.90 Å². The number of hydrogen-bond donors (Lipinski definition) is 0. The zero-order valence-corrected chi connectivity index (χ0v) is 54.8. The number of rotatable bonds is 11. The molecule has 3 aliphatic rings. The lowest BCUT2D eigenvalue weighted by Crippen LogP contribution is -2.28. The average molecular weight is 1190 g/mol. The molecule has 0 amide bonds. The Morgan fingerprint density at radius 3 is 1.42 bits per heavy atom. The minimum atomic E-state index is -0.525. The predicted molar refractivity (Wildman–Crippen MR) is 390 cm³/mol. The van der Waals surface area contributed by atoms with Gasteiger partial charge in [-0.3, -0.25) is 0 Å². The van der Waals surface area contributed by atoms with Crippen LogP contribution in [0.4, 0.5) is 17.1 Å². The molecule has 0 saturated carbocycles. The van der Waals surface area contributed by atoms with Gasteiger partial charge in [-0.2, -0.15) is 0 Å². The molecule has 13 aromatic rings. The van der Waals surface area contributed by atoms with Gasteiger partial charge >= 0.3 is 0 Å². The molecular weight excluding hydrogens is 1110 g/mol. The third-order valence-corrected chi connectivity index (χ3v) is 22.2. The summed E-state index contributed by atoms with van der Waals surface area (Å²) in [4.78, 5) is 2.42. The SMILES string of the molecule is CC(CC(c1ccc(-c2ccc3c(c2)C2(c4ccccc4-3)c3ccccc3-c3ccc(-n4c5ccccc5c5cc(-c6ccc(N(c7ccc(-c8ccccc8)cc7)c7ccc8c(c7)C(C)(C)c7ccccc7-8)cc6)ccc54)cc32)cc1)C(C)C(C)(C)C)C(C)(C)C. The van der Waals surface area contributed by atoms with Gasteiger partial charge in [0, 0.05) is 38.9 Å². The topological polar surface area (TPSA) is 8.17 Å². The zero-order chi connectivity index (χ0) is 63.0. The lowest BCUT2D eigenvalue weighted by molar-refractivity contribution is 0.163. The van der Waals surface area contributed by atoms with Crippen LogP contribution in [-0.4, -0.2) is 4.57 Å². The summed E-state index contributed by atoms with van der Waals surface area (Å²) in [7, 11) is 0. The number of anilines is 3. The van der Waals surface area contributed by atoms with Crippen LogP contribution in [0.25, 0.3) is 94.3 Å². The monoisotopic (exact) mass is 1190 g/mol. The van der Waals surface area contributed by atoms with E-state index in [0.29, 0.717) is 17.8 Å². The predicted octanol–water partition coefficient (Wildman–Crippen LogP) is 24.7. The highest BCUT2D eigenvalue weighted by atomic mass is 15.1. The first-order chi connectivity index (χ1) is 44.5. The molecule has 92 heavy (non-hydrogen) atoms. The fourth-order valence-electron chi connectivity index (χ4n) is 16.3. The molecule has 3 aliphatic carbocycles. The molecule has 4 unspecified atom stereocenters. The highest BCUT2D eigenvalue weighted by molar-refractivity contribution is 6.11. The minimum absolute atomic E-state index is 0.126. The molecular formula is C90H80N2. The molecule has 12 aromatic carbocycles. The highest BCUT2D eigenvalue weighted by Crippen LogP contribution is 2.64. The second kappa shape index (κ2) is 21.4. The van der Waals surface area contributed by atoms with Crippen LogP contribution in [0.15, 0.2) is 273 Å². The molecule has 2 heteroatoms. The molecule has 0 saturated heterocycles. The van der Waals surface area contributed by atoms with Gasteiger partial charge in [-0.1, -0.05) is 269 Å². The van der Waals surface area contributed by atoms with Gasteiger partial charge in [-0.05, 0) is 214 Å². The van der Waals surface area contributed by atoms with Crippen molar-refractivity contribution < 1.29 is 0 Å². The summed E-state index contributed by atoms with van der Waals surface area (Å²) in [5.74, 6) is 1.58. The highest BCUT2D eigenvalue weighted by Gasteiger charge is 2.52. The standard InChI is InChI=1S/C90H80N2/c1-57(87(3,4)5)52-77(58(2)88(6,7)8)63-34-32-61(33-35-63)65-40-48-74-71-25-15-19-29-80(71)90(83(74)54-65)81-30-20-16-26-72(81)75-50-47-69(56-84(75)90)92-85-31-21-17-27-76(85)78-53-64(41-51-86(78)92)62-38-44-67(45-39-62)91(66-42-36-60(37-43-66)59-22-12-11-13-23-59)68-46-49-73-70-24-14-18-28-79(70)89(9,10)82(73)55-68/h11-51,53-58,77H,52H2,1-10H3. The molecule has 0 radical (unpaired) electrons. The second-order valence-electron chi connectivity index (χ2n) is 29.5. The van der Waals surface area contributed by atoms with E-state index >= 15 is 0 Å². The van der Waals surface area contributed by atoms with Crippen molar-refractivity contribution in [2.24, 2.45) is 22.7 Å². The van der Waals surface area contributed by atoms with Gasteiger partial charge in [0.25, 0.3) is 0 Å². The Hall–Kier alpha value is -9.76. The van der Waals surface area contributed by atoms with Crippen molar-refractivity contribution in [2.75, 3.05) is 4.90 Å². The molecule has 0 bridgehead atoms. The Morgan fingerprint density at radius 2 is 0.793 bits per heavy atom. The molecule has 0 fully saturated rings. The molecule has 1 spiro atoms. The van der Waals surface area contributed by atoms with E-state index in [1.165, 1.54) is 134 Å². The maximum Gasteiger partial charge on any atom is 0.0726 e. The van der Waals surface area contributed by atoms with Crippen molar-refractivity contribution >= 4 is 38.9 Å². The fraction of sp³-hybridized carbons (Fsp3) is 0.200. The summed E-state index contributed by atoms with van der Waals surface area (Å²) < 4.78 is 2.52. The summed E-state index contributed by atoms with van der Waals surface area (Å²) in [5, 5.41) is 2.47. The molecule has 0 aliphatic heterocycles. The maximum atomic E-state index is 2.54. The lowest BCUT2D eigenvalue weighted by atomic mass is 9.66. The van der Waals surface area contributed by atoms with Gasteiger partial charge in [0.2, 0.25) is 0 Å². The van der Waals surface area contributed by atoms with E-state index in [4.69, 9.17) is 0 Å². The summed E-state index contributed by atoms with van der Waals surface area (Å²) >= 11 is 0. The van der Waals surface area contributed by atoms with Gasteiger partial charge in [0.15, 0.2) is 0 Å². The van der Waals surface area contributed by atoms with Gasteiger partial charge in [-0.15, -0.1) is 0 Å². The fourth-order valence-corrected chi connectivity index (χ4v) is 16.3. The van der Waals surface area contributed by atoms with Gasteiger partial charge in [-0.25, -0.2) is 0 Å². The van der Waals surface area contributed by atoms with Crippen molar-refractivity contribution in [3.05, 3.63) is 312 Å². The van der Waals surface area contributed by atoms with E-state index < -0.39 is 5.41 Å². The first-order valence-corrected chi connectivity index (χ1v) is 33.4. The smallest absolute Gasteiger partial charge is 0.0726 e. The van der Waals surface area contributed by atoms with Crippen LogP contribution in [0.2, 0.25) is 0 Å². The van der Waals surface area contributed by atoms with E-state index in [1.807, 2.05) is 0 Å². The Balaban J connectivity index is 0.780. The Kier molecular flexibility index (Phi) is 13.4. The third kappa shape index (κ3) is 9.03. The van der Waals surface area contributed by atoms with E-state index in [1.54, 1.807) is 0 Å². The van der Waals surface area contributed by atoms with Crippen LogP contribution in [0.5, 0.6) is 0 Å². The van der Waals surface area contributed by atoms with Crippen LogP contribution in [0.3, 0.4) is 0 Å². The normalized spacial score (nSPS) is 16.0. The number of hydrogen-bond acceptors (Lipinski definition) is 1. The molecule has 1 aromatic heterocycles. The van der Waals surface area contributed by atoms with Gasteiger partial charge in [0.05, 0.1) is 16.4 Å². The van der Waals surface area contributed by atoms with Crippen LogP contribution >= 0.6 is 0 Å².